The van der Waals surface area contributed by atoms with Crippen LogP contribution in [0.15, 0.2) is 0 Å². The fourth-order valence-corrected chi connectivity index (χ4v) is 3.42. The molecule has 1 unspecified atom stereocenters. The van der Waals surface area contributed by atoms with Crippen LogP contribution in [0.3, 0.4) is 0 Å². The van der Waals surface area contributed by atoms with E-state index in [1.807, 2.05) is 27.7 Å². The van der Waals surface area contributed by atoms with Crippen molar-refractivity contribution in [2.24, 2.45) is 11.3 Å². The minimum Gasteiger partial charge on any atom is -0.481 e. The Labute approximate surface area is 126 Å². The van der Waals surface area contributed by atoms with Gasteiger partial charge in [-0.15, -0.1) is 0 Å². The molecule has 2 amide bonds. The van der Waals surface area contributed by atoms with Gasteiger partial charge in [0.25, 0.3) is 0 Å². The van der Waals surface area contributed by atoms with E-state index in [0.717, 1.165) is 0 Å². The van der Waals surface area contributed by atoms with Gasteiger partial charge in [0.15, 0.2) is 0 Å². The number of likely N-dealkylation sites (tertiary alicyclic amines) is 1. The number of carbonyl (C=O) groups excluding carboxylic acids is 1. The summed E-state index contributed by atoms with van der Waals surface area (Å²) in [5.41, 5.74) is -0.806. The van der Waals surface area contributed by atoms with Crippen LogP contribution in [-0.4, -0.2) is 65.3 Å². The molecule has 0 aromatic rings. The highest BCUT2D eigenvalue weighted by Crippen LogP contribution is 2.38. The molecule has 2 fully saturated rings. The van der Waals surface area contributed by atoms with E-state index in [0.29, 0.717) is 32.6 Å². The molecular formula is C15H26N2O4. The maximum absolute atomic E-state index is 12.6. The van der Waals surface area contributed by atoms with Gasteiger partial charge in [0.1, 0.15) is 0 Å². The van der Waals surface area contributed by atoms with E-state index in [4.69, 9.17) is 4.74 Å². The number of urea groups is 1. The second-order valence-electron chi connectivity index (χ2n) is 6.73. The summed E-state index contributed by atoms with van der Waals surface area (Å²) in [6, 6.07) is -0.0548. The third-order valence-corrected chi connectivity index (χ3v) is 4.79. The SMILES string of the molecule is CC(C)C1(C(=O)O)CCN(C(=O)N2C[C@@H](C)O[C@@H](C)C2)C1. The lowest BCUT2D eigenvalue weighted by Gasteiger charge is -2.38. The van der Waals surface area contributed by atoms with E-state index in [2.05, 4.69) is 0 Å². The van der Waals surface area contributed by atoms with Crippen molar-refractivity contribution in [1.29, 1.82) is 0 Å². The molecule has 0 saturated carbocycles. The standard InChI is InChI=1S/C15H26N2O4/c1-10(2)15(13(18)19)5-6-16(9-15)14(20)17-7-11(3)21-12(4)8-17/h10-12H,5-9H2,1-4H3,(H,18,19)/t11-,12+,15?. The van der Waals surface area contributed by atoms with Gasteiger partial charge in [-0.1, -0.05) is 13.8 Å². The second-order valence-corrected chi connectivity index (χ2v) is 6.73. The van der Waals surface area contributed by atoms with Crippen LogP contribution >= 0.6 is 0 Å². The van der Waals surface area contributed by atoms with Gasteiger partial charge in [0.05, 0.1) is 17.6 Å². The van der Waals surface area contributed by atoms with E-state index >= 15 is 0 Å². The summed E-state index contributed by atoms with van der Waals surface area (Å²) in [4.78, 5) is 27.8. The Bertz CT molecular complexity index is 416. The van der Waals surface area contributed by atoms with Crippen molar-refractivity contribution in [3.63, 3.8) is 0 Å². The van der Waals surface area contributed by atoms with Gasteiger partial charge < -0.3 is 19.6 Å². The molecule has 0 radical (unpaired) electrons. The zero-order valence-corrected chi connectivity index (χ0v) is 13.3. The number of hydrogen-bond acceptors (Lipinski definition) is 3. The van der Waals surface area contributed by atoms with Gasteiger partial charge in [-0.25, -0.2) is 4.79 Å². The molecular weight excluding hydrogens is 272 g/mol. The first-order valence-electron chi connectivity index (χ1n) is 7.69. The Balaban J connectivity index is 2.06. The topological polar surface area (TPSA) is 70.1 Å². The molecule has 21 heavy (non-hydrogen) atoms. The van der Waals surface area contributed by atoms with E-state index in [-0.39, 0.29) is 24.2 Å². The molecule has 0 aliphatic carbocycles. The first kappa shape index (κ1) is 16.1. The molecule has 2 aliphatic heterocycles. The number of carboxylic acid groups (broad SMARTS) is 1. The average molecular weight is 298 g/mol. The molecule has 120 valence electrons. The zero-order chi connectivity index (χ0) is 15.8. The van der Waals surface area contributed by atoms with Crippen LogP contribution < -0.4 is 0 Å². The highest BCUT2D eigenvalue weighted by molar-refractivity contribution is 5.80. The third kappa shape index (κ3) is 3.00. The third-order valence-electron chi connectivity index (χ3n) is 4.79. The van der Waals surface area contributed by atoms with Crippen LogP contribution in [0.5, 0.6) is 0 Å². The summed E-state index contributed by atoms with van der Waals surface area (Å²) in [6.45, 7) is 9.71. The lowest BCUT2D eigenvalue weighted by atomic mass is 9.76. The van der Waals surface area contributed by atoms with Crippen LogP contribution in [0.25, 0.3) is 0 Å². The predicted octanol–water partition coefficient (Wildman–Crippen LogP) is 1.65. The van der Waals surface area contributed by atoms with E-state index < -0.39 is 11.4 Å². The fourth-order valence-electron chi connectivity index (χ4n) is 3.42. The van der Waals surface area contributed by atoms with Gasteiger partial charge in [-0.3, -0.25) is 4.79 Å². The Morgan fingerprint density at radius 2 is 1.76 bits per heavy atom. The first-order chi connectivity index (χ1) is 9.76. The van der Waals surface area contributed by atoms with Gasteiger partial charge >= 0.3 is 12.0 Å². The molecule has 2 saturated heterocycles. The first-order valence-corrected chi connectivity index (χ1v) is 7.69. The lowest BCUT2D eigenvalue weighted by Crippen LogP contribution is -2.53. The highest BCUT2D eigenvalue weighted by atomic mass is 16.5. The number of carbonyl (C=O) groups is 2. The molecule has 2 rings (SSSR count). The van der Waals surface area contributed by atoms with E-state index in [1.54, 1.807) is 9.80 Å². The van der Waals surface area contributed by atoms with Gasteiger partial charge in [-0.05, 0) is 26.2 Å². The summed E-state index contributed by atoms with van der Waals surface area (Å²) < 4.78 is 5.64. The Morgan fingerprint density at radius 3 is 2.19 bits per heavy atom. The highest BCUT2D eigenvalue weighted by Gasteiger charge is 2.49. The maximum atomic E-state index is 12.6. The minimum absolute atomic E-state index is 0.00957. The van der Waals surface area contributed by atoms with Crippen LogP contribution in [-0.2, 0) is 9.53 Å². The summed E-state index contributed by atoms with van der Waals surface area (Å²) in [5.74, 6) is -0.785. The maximum Gasteiger partial charge on any atom is 0.320 e. The number of ether oxygens (including phenoxy) is 1. The van der Waals surface area contributed by atoms with Crippen molar-refractivity contribution in [3.8, 4) is 0 Å². The Hall–Kier alpha value is -1.30. The number of morpholine rings is 1. The van der Waals surface area contributed by atoms with Crippen molar-refractivity contribution >= 4 is 12.0 Å². The lowest BCUT2D eigenvalue weighted by molar-refractivity contribution is -0.150. The second kappa shape index (κ2) is 5.83. The molecule has 6 heteroatoms. The quantitative estimate of drug-likeness (QED) is 0.841. The number of amides is 2. The molecule has 1 N–H and O–H groups in total. The zero-order valence-electron chi connectivity index (χ0n) is 13.3. The van der Waals surface area contributed by atoms with Crippen molar-refractivity contribution in [3.05, 3.63) is 0 Å². The van der Waals surface area contributed by atoms with Gasteiger partial charge in [0.2, 0.25) is 0 Å². The number of carboxylic acids is 1. The van der Waals surface area contributed by atoms with Gasteiger partial charge in [0, 0.05) is 26.2 Å². The Morgan fingerprint density at radius 1 is 1.19 bits per heavy atom. The number of rotatable bonds is 2. The van der Waals surface area contributed by atoms with Crippen LogP contribution in [0.4, 0.5) is 4.79 Å². The van der Waals surface area contributed by atoms with Crippen LogP contribution in [0.1, 0.15) is 34.1 Å². The molecule has 2 aliphatic rings. The number of hydrogen-bond donors (Lipinski definition) is 1. The molecule has 6 nitrogen and oxygen atoms in total. The summed E-state index contributed by atoms with van der Waals surface area (Å²) in [7, 11) is 0. The van der Waals surface area contributed by atoms with Crippen molar-refractivity contribution in [2.75, 3.05) is 26.2 Å². The fraction of sp³-hybridized carbons (Fsp3) is 0.867. The summed E-state index contributed by atoms with van der Waals surface area (Å²) >= 11 is 0. The molecule has 0 aromatic heterocycles. The number of aliphatic carboxylic acids is 1. The molecule has 0 aromatic carbocycles. The predicted molar refractivity (Wildman–Crippen MR) is 78.1 cm³/mol. The summed E-state index contributed by atoms with van der Waals surface area (Å²) in [5, 5.41) is 9.56. The van der Waals surface area contributed by atoms with E-state index in [9.17, 15) is 14.7 Å². The average Bonchev–Trinajstić information content (AvgIpc) is 2.83. The van der Waals surface area contributed by atoms with Gasteiger partial charge in [-0.2, -0.15) is 0 Å². The minimum atomic E-state index is -0.806. The van der Waals surface area contributed by atoms with Crippen LogP contribution in [0.2, 0.25) is 0 Å². The number of nitrogens with zero attached hydrogens (tertiary/aromatic N) is 2. The van der Waals surface area contributed by atoms with E-state index in [1.165, 1.54) is 0 Å². The molecule has 2 heterocycles. The summed E-state index contributed by atoms with van der Waals surface area (Å²) in [6.07, 6.45) is 0.575. The van der Waals surface area contributed by atoms with Crippen LogP contribution in [0, 0.1) is 11.3 Å². The molecule has 0 bridgehead atoms. The largest absolute Gasteiger partial charge is 0.481 e. The van der Waals surface area contributed by atoms with Crippen molar-refractivity contribution < 1.29 is 19.4 Å². The smallest absolute Gasteiger partial charge is 0.320 e. The Kier molecular flexibility index (Phi) is 4.46. The monoisotopic (exact) mass is 298 g/mol. The normalized spacial score (nSPS) is 33.6. The molecule has 0 spiro atoms. The van der Waals surface area contributed by atoms with Crippen molar-refractivity contribution in [2.45, 2.75) is 46.3 Å². The molecule has 3 atom stereocenters. The van der Waals surface area contributed by atoms with Crippen molar-refractivity contribution in [1.82, 2.24) is 9.80 Å².